The van der Waals surface area contributed by atoms with E-state index in [1.165, 1.54) is 32.1 Å². The average Bonchev–Trinajstić information content (AvgIpc) is 2.40. The van der Waals surface area contributed by atoms with Crippen molar-refractivity contribution in [3.05, 3.63) is 48.0 Å². The van der Waals surface area contributed by atoms with Gasteiger partial charge in [0.2, 0.25) is 0 Å². The summed E-state index contributed by atoms with van der Waals surface area (Å²) in [6.45, 7) is 3.84. The summed E-state index contributed by atoms with van der Waals surface area (Å²) in [4.78, 5) is 0. The van der Waals surface area contributed by atoms with Crippen LogP contribution in [0.5, 0.6) is 0 Å². The molecule has 0 radical (unpaired) electrons. The first-order valence-electron chi connectivity index (χ1n) is 5.58. The summed E-state index contributed by atoms with van der Waals surface area (Å²) in [6, 6.07) is 8.89. The van der Waals surface area contributed by atoms with Crippen LogP contribution in [0.1, 0.15) is 30.4 Å². The molecule has 0 saturated carbocycles. The van der Waals surface area contributed by atoms with Crippen molar-refractivity contribution in [3.8, 4) is 0 Å². The van der Waals surface area contributed by atoms with Crippen LogP contribution in [0.15, 0.2) is 36.9 Å². The van der Waals surface area contributed by atoms with Gasteiger partial charge in [-0.25, -0.2) is 0 Å². The molecular weight excluding hydrogens is 168 g/mol. The largest absolute Gasteiger partial charge is 0.103 e. The highest BCUT2D eigenvalue weighted by atomic mass is 14.2. The maximum Gasteiger partial charge on any atom is -0.0245 e. The Morgan fingerprint density at radius 2 is 2.07 bits per heavy atom. The van der Waals surface area contributed by atoms with E-state index in [-0.39, 0.29) is 0 Å². The molecule has 0 fully saturated rings. The molecule has 1 atom stereocenters. The summed E-state index contributed by atoms with van der Waals surface area (Å²) in [5, 5.41) is 0. The number of allylic oxidation sites excluding steroid dienone is 1. The van der Waals surface area contributed by atoms with Crippen LogP contribution < -0.4 is 0 Å². The van der Waals surface area contributed by atoms with Gasteiger partial charge in [-0.3, -0.25) is 0 Å². The minimum Gasteiger partial charge on any atom is -0.103 e. The monoisotopic (exact) mass is 186 g/mol. The Morgan fingerprint density at radius 1 is 1.29 bits per heavy atom. The molecule has 1 unspecified atom stereocenters. The minimum atomic E-state index is 0.830. The third kappa shape index (κ3) is 2.06. The topological polar surface area (TPSA) is 0 Å². The second-order valence-electron chi connectivity index (χ2n) is 4.26. The van der Waals surface area contributed by atoms with E-state index in [9.17, 15) is 0 Å². The van der Waals surface area contributed by atoms with Crippen molar-refractivity contribution in [1.82, 2.24) is 0 Å². The molecule has 0 nitrogen and oxygen atoms in total. The molecule has 14 heavy (non-hydrogen) atoms. The zero-order chi connectivity index (χ0) is 9.80. The van der Waals surface area contributed by atoms with Crippen molar-refractivity contribution in [2.24, 2.45) is 5.92 Å². The number of hydrogen-bond donors (Lipinski definition) is 0. The number of hydrogen-bond acceptors (Lipinski definition) is 0. The van der Waals surface area contributed by atoms with Crippen molar-refractivity contribution in [1.29, 1.82) is 0 Å². The Morgan fingerprint density at radius 3 is 2.86 bits per heavy atom. The molecule has 0 bridgehead atoms. The quantitative estimate of drug-likeness (QED) is 0.487. The van der Waals surface area contributed by atoms with Gasteiger partial charge in [0.25, 0.3) is 0 Å². The highest BCUT2D eigenvalue weighted by Gasteiger charge is 2.14. The molecule has 0 spiro atoms. The SMILES string of the molecule is C=CCC1CCCc2ccccc2C1. The second-order valence-corrected chi connectivity index (χ2v) is 4.26. The van der Waals surface area contributed by atoms with Crippen LogP contribution in [-0.2, 0) is 12.8 Å². The van der Waals surface area contributed by atoms with Gasteiger partial charge < -0.3 is 0 Å². The molecule has 0 aliphatic heterocycles. The average molecular weight is 186 g/mol. The molecule has 0 aromatic heterocycles. The Hall–Kier alpha value is -1.04. The van der Waals surface area contributed by atoms with Crippen molar-refractivity contribution >= 4 is 0 Å². The van der Waals surface area contributed by atoms with Crippen LogP contribution in [0.25, 0.3) is 0 Å². The Balaban J connectivity index is 2.17. The van der Waals surface area contributed by atoms with Gasteiger partial charge >= 0.3 is 0 Å². The Bertz CT molecular complexity index is 312. The van der Waals surface area contributed by atoms with Crippen LogP contribution in [0.4, 0.5) is 0 Å². The lowest BCUT2D eigenvalue weighted by molar-refractivity contribution is 0.487. The van der Waals surface area contributed by atoms with Gasteiger partial charge in [-0.05, 0) is 49.1 Å². The summed E-state index contributed by atoms with van der Waals surface area (Å²) in [7, 11) is 0. The fourth-order valence-electron chi connectivity index (χ4n) is 2.43. The lowest BCUT2D eigenvalue weighted by Crippen LogP contribution is -2.01. The highest BCUT2D eigenvalue weighted by molar-refractivity contribution is 5.28. The normalized spacial score (nSPS) is 21.0. The molecule has 74 valence electrons. The predicted octanol–water partition coefficient (Wildman–Crippen LogP) is 3.76. The van der Waals surface area contributed by atoms with Gasteiger partial charge in [0.15, 0.2) is 0 Å². The maximum atomic E-state index is 3.84. The van der Waals surface area contributed by atoms with Crippen molar-refractivity contribution < 1.29 is 0 Å². The van der Waals surface area contributed by atoms with Crippen LogP contribution in [0, 0.1) is 5.92 Å². The lowest BCUT2D eigenvalue weighted by atomic mass is 9.94. The molecule has 0 heteroatoms. The van der Waals surface area contributed by atoms with Gasteiger partial charge in [0.1, 0.15) is 0 Å². The van der Waals surface area contributed by atoms with Crippen LogP contribution in [0.2, 0.25) is 0 Å². The molecule has 2 rings (SSSR count). The Kier molecular flexibility index (Phi) is 3.03. The van der Waals surface area contributed by atoms with E-state index >= 15 is 0 Å². The first kappa shape index (κ1) is 9.51. The van der Waals surface area contributed by atoms with E-state index in [1.54, 1.807) is 11.1 Å². The fourth-order valence-corrected chi connectivity index (χ4v) is 2.43. The number of fused-ring (bicyclic) bond motifs is 1. The van der Waals surface area contributed by atoms with Crippen molar-refractivity contribution in [3.63, 3.8) is 0 Å². The van der Waals surface area contributed by atoms with Crippen molar-refractivity contribution in [2.75, 3.05) is 0 Å². The maximum absolute atomic E-state index is 3.84. The summed E-state index contributed by atoms with van der Waals surface area (Å²) in [5.41, 5.74) is 3.14. The number of benzene rings is 1. The summed E-state index contributed by atoms with van der Waals surface area (Å²) < 4.78 is 0. The van der Waals surface area contributed by atoms with Crippen LogP contribution >= 0.6 is 0 Å². The summed E-state index contributed by atoms with van der Waals surface area (Å²) in [5.74, 6) is 0.830. The van der Waals surface area contributed by atoms with E-state index in [1.807, 2.05) is 0 Å². The molecule has 0 amide bonds. The van der Waals surface area contributed by atoms with E-state index in [0.29, 0.717) is 0 Å². The molecular formula is C14H18. The van der Waals surface area contributed by atoms with E-state index in [0.717, 1.165) is 5.92 Å². The summed E-state index contributed by atoms with van der Waals surface area (Å²) >= 11 is 0. The van der Waals surface area contributed by atoms with Crippen molar-refractivity contribution in [2.45, 2.75) is 32.1 Å². The van der Waals surface area contributed by atoms with E-state index in [2.05, 4.69) is 36.9 Å². The predicted molar refractivity (Wildman–Crippen MR) is 61.4 cm³/mol. The van der Waals surface area contributed by atoms with E-state index in [4.69, 9.17) is 0 Å². The van der Waals surface area contributed by atoms with Gasteiger partial charge in [0.05, 0.1) is 0 Å². The lowest BCUT2D eigenvalue weighted by Gasteiger charge is -2.11. The fraction of sp³-hybridized carbons (Fsp3) is 0.429. The van der Waals surface area contributed by atoms with Gasteiger partial charge in [-0.2, -0.15) is 0 Å². The summed E-state index contributed by atoms with van der Waals surface area (Å²) in [6.07, 6.45) is 8.47. The molecule has 1 aliphatic rings. The smallest absolute Gasteiger partial charge is 0.0245 e. The highest BCUT2D eigenvalue weighted by Crippen LogP contribution is 2.26. The van der Waals surface area contributed by atoms with Crippen LogP contribution in [0.3, 0.4) is 0 Å². The molecule has 1 aromatic rings. The molecule has 0 heterocycles. The first-order valence-corrected chi connectivity index (χ1v) is 5.58. The molecule has 0 N–H and O–H groups in total. The number of aryl methyl sites for hydroxylation is 1. The Labute approximate surface area is 86.7 Å². The third-order valence-corrected chi connectivity index (χ3v) is 3.19. The molecule has 1 aromatic carbocycles. The molecule has 0 saturated heterocycles. The third-order valence-electron chi connectivity index (χ3n) is 3.19. The van der Waals surface area contributed by atoms with Gasteiger partial charge in [0, 0.05) is 0 Å². The zero-order valence-electron chi connectivity index (χ0n) is 8.71. The zero-order valence-corrected chi connectivity index (χ0v) is 8.71. The first-order chi connectivity index (χ1) is 6.90. The standard InChI is InChI=1S/C14H18/c1-2-6-12-7-5-10-13-8-3-4-9-14(13)11-12/h2-4,8-9,12H,1,5-7,10-11H2. The van der Waals surface area contributed by atoms with Crippen LogP contribution in [-0.4, -0.2) is 0 Å². The van der Waals surface area contributed by atoms with Gasteiger partial charge in [-0.15, -0.1) is 6.58 Å². The minimum absolute atomic E-state index is 0.830. The van der Waals surface area contributed by atoms with Gasteiger partial charge in [-0.1, -0.05) is 30.3 Å². The second kappa shape index (κ2) is 4.45. The molecule has 1 aliphatic carbocycles. The number of rotatable bonds is 2. The van der Waals surface area contributed by atoms with E-state index < -0.39 is 0 Å².